The maximum atomic E-state index is 6.15. The van der Waals surface area contributed by atoms with E-state index in [-0.39, 0.29) is 0 Å². The molecule has 3 nitrogen and oxygen atoms in total. The Bertz CT molecular complexity index is 449. The molecule has 0 spiro atoms. The van der Waals surface area contributed by atoms with Crippen molar-refractivity contribution in [2.24, 2.45) is 11.7 Å². The summed E-state index contributed by atoms with van der Waals surface area (Å²) in [4.78, 5) is 0. The van der Waals surface area contributed by atoms with Crippen LogP contribution >= 0.6 is 0 Å². The number of rotatable bonds is 5. The standard InChI is InChI=1S/C19H30N2O/c20-16-11-9-15(10-12-16)14-21-17-5-4-8-19(13-17)22-18-6-2-1-3-7-18/h4-5,8,13,15-16,18,21H,1-3,6-7,9-12,14,20H2. The number of hydrogen-bond acceptors (Lipinski definition) is 3. The lowest BCUT2D eigenvalue weighted by atomic mass is 9.86. The predicted molar refractivity (Wildman–Crippen MR) is 92.4 cm³/mol. The molecular formula is C19H30N2O. The Labute approximate surface area is 134 Å². The van der Waals surface area contributed by atoms with Crippen LogP contribution in [0.3, 0.4) is 0 Å². The summed E-state index contributed by atoms with van der Waals surface area (Å²) in [7, 11) is 0. The molecule has 0 bridgehead atoms. The van der Waals surface area contributed by atoms with Crippen LogP contribution in [0.4, 0.5) is 5.69 Å². The zero-order chi connectivity index (χ0) is 15.2. The normalized spacial score (nSPS) is 26.6. The van der Waals surface area contributed by atoms with Crippen molar-refractivity contribution < 1.29 is 4.74 Å². The van der Waals surface area contributed by atoms with Crippen molar-refractivity contribution in [2.45, 2.75) is 69.9 Å². The van der Waals surface area contributed by atoms with Crippen LogP contribution in [-0.2, 0) is 0 Å². The largest absolute Gasteiger partial charge is 0.490 e. The first-order valence-corrected chi connectivity index (χ1v) is 9.06. The van der Waals surface area contributed by atoms with Gasteiger partial charge < -0.3 is 15.8 Å². The Kier molecular flexibility index (Phi) is 5.60. The van der Waals surface area contributed by atoms with Crippen LogP contribution in [0.15, 0.2) is 24.3 Å². The summed E-state index contributed by atoms with van der Waals surface area (Å²) in [5.41, 5.74) is 7.16. The van der Waals surface area contributed by atoms with Crippen LogP contribution < -0.4 is 15.8 Å². The number of anilines is 1. The maximum Gasteiger partial charge on any atom is 0.121 e. The summed E-state index contributed by atoms with van der Waals surface area (Å²) < 4.78 is 6.15. The van der Waals surface area contributed by atoms with E-state index in [1.165, 1.54) is 63.5 Å². The molecule has 0 atom stereocenters. The van der Waals surface area contributed by atoms with Crippen molar-refractivity contribution in [2.75, 3.05) is 11.9 Å². The number of nitrogens with two attached hydrogens (primary N) is 1. The number of benzene rings is 1. The fraction of sp³-hybridized carbons (Fsp3) is 0.684. The number of hydrogen-bond donors (Lipinski definition) is 2. The molecule has 2 saturated carbocycles. The third-order valence-corrected chi connectivity index (χ3v) is 5.18. The van der Waals surface area contributed by atoms with Gasteiger partial charge in [-0.3, -0.25) is 0 Å². The highest BCUT2D eigenvalue weighted by Crippen LogP contribution is 2.27. The van der Waals surface area contributed by atoms with Gasteiger partial charge in [0.1, 0.15) is 5.75 Å². The fourth-order valence-corrected chi connectivity index (χ4v) is 3.71. The molecule has 0 unspecified atom stereocenters. The van der Waals surface area contributed by atoms with Crippen LogP contribution in [0.2, 0.25) is 0 Å². The number of nitrogens with one attached hydrogen (secondary N) is 1. The topological polar surface area (TPSA) is 47.3 Å². The van der Waals surface area contributed by atoms with Crippen molar-refractivity contribution in [1.29, 1.82) is 0 Å². The van der Waals surface area contributed by atoms with Crippen LogP contribution in [0.5, 0.6) is 5.75 Å². The molecule has 0 amide bonds. The highest BCUT2D eigenvalue weighted by atomic mass is 16.5. The molecule has 2 fully saturated rings. The molecular weight excluding hydrogens is 272 g/mol. The van der Waals surface area contributed by atoms with Gasteiger partial charge in [-0.1, -0.05) is 12.5 Å². The summed E-state index contributed by atoms with van der Waals surface area (Å²) >= 11 is 0. The van der Waals surface area contributed by atoms with E-state index in [1.807, 2.05) is 0 Å². The second-order valence-corrected chi connectivity index (χ2v) is 7.07. The first kappa shape index (κ1) is 15.7. The van der Waals surface area contributed by atoms with E-state index in [4.69, 9.17) is 10.5 Å². The second kappa shape index (κ2) is 7.87. The minimum Gasteiger partial charge on any atom is -0.490 e. The minimum atomic E-state index is 0.420. The minimum absolute atomic E-state index is 0.420. The van der Waals surface area contributed by atoms with Gasteiger partial charge >= 0.3 is 0 Å². The molecule has 122 valence electrons. The third kappa shape index (κ3) is 4.64. The van der Waals surface area contributed by atoms with E-state index in [0.717, 1.165) is 18.2 Å². The quantitative estimate of drug-likeness (QED) is 0.851. The molecule has 22 heavy (non-hydrogen) atoms. The van der Waals surface area contributed by atoms with E-state index in [0.29, 0.717) is 12.1 Å². The van der Waals surface area contributed by atoms with Gasteiger partial charge in [-0.25, -0.2) is 0 Å². The van der Waals surface area contributed by atoms with Crippen molar-refractivity contribution >= 4 is 5.69 Å². The van der Waals surface area contributed by atoms with Gasteiger partial charge in [0.25, 0.3) is 0 Å². The van der Waals surface area contributed by atoms with E-state index >= 15 is 0 Å². The lowest BCUT2D eigenvalue weighted by Gasteiger charge is -2.26. The molecule has 0 heterocycles. The smallest absolute Gasteiger partial charge is 0.121 e. The Morgan fingerprint density at radius 1 is 1.00 bits per heavy atom. The molecule has 1 aromatic carbocycles. The Morgan fingerprint density at radius 2 is 1.77 bits per heavy atom. The van der Waals surface area contributed by atoms with Crippen molar-refractivity contribution in [3.8, 4) is 5.75 Å². The monoisotopic (exact) mass is 302 g/mol. The van der Waals surface area contributed by atoms with E-state index in [1.54, 1.807) is 0 Å². The first-order valence-electron chi connectivity index (χ1n) is 9.06. The third-order valence-electron chi connectivity index (χ3n) is 5.18. The molecule has 0 aliphatic heterocycles. The molecule has 2 aliphatic rings. The van der Waals surface area contributed by atoms with Gasteiger partial charge in [-0.15, -0.1) is 0 Å². The first-order chi connectivity index (χ1) is 10.8. The molecule has 2 aliphatic carbocycles. The second-order valence-electron chi connectivity index (χ2n) is 7.07. The SMILES string of the molecule is NC1CCC(CNc2cccc(OC3CCCCC3)c2)CC1. The molecule has 3 rings (SSSR count). The molecule has 1 aromatic rings. The Morgan fingerprint density at radius 3 is 2.55 bits per heavy atom. The van der Waals surface area contributed by atoms with Gasteiger partial charge in [-0.2, -0.15) is 0 Å². The summed E-state index contributed by atoms with van der Waals surface area (Å²) in [5.74, 6) is 1.78. The zero-order valence-electron chi connectivity index (χ0n) is 13.6. The molecule has 0 saturated heterocycles. The molecule has 3 heteroatoms. The average Bonchev–Trinajstić information content (AvgIpc) is 2.56. The Balaban J connectivity index is 1.48. The average molecular weight is 302 g/mol. The summed E-state index contributed by atoms with van der Waals surface area (Å²) in [6.07, 6.45) is 11.7. The van der Waals surface area contributed by atoms with Crippen molar-refractivity contribution in [3.05, 3.63) is 24.3 Å². The summed E-state index contributed by atoms with van der Waals surface area (Å²) in [6, 6.07) is 8.91. The van der Waals surface area contributed by atoms with Crippen LogP contribution in [0.1, 0.15) is 57.8 Å². The molecule has 3 N–H and O–H groups in total. The van der Waals surface area contributed by atoms with Gasteiger partial charge in [0.05, 0.1) is 6.10 Å². The maximum absolute atomic E-state index is 6.15. The van der Waals surface area contributed by atoms with E-state index < -0.39 is 0 Å². The highest BCUT2D eigenvalue weighted by Gasteiger charge is 2.18. The fourth-order valence-electron chi connectivity index (χ4n) is 3.71. The summed E-state index contributed by atoms with van der Waals surface area (Å²) in [5, 5.41) is 3.59. The van der Waals surface area contributed by atoms with Crippen LogP contribution in [-0.4, -0.2) is 18.7 Å². The van der Waals surface area contributed by atoms with Gasteiger partial charge in [-0.05, 0) is 69.4 Å². The van der Waals surface area contributed by atoms with Crippen LogP contribution in [0.25, 0.3) is 0 Å². The van der Waals surface area contributed by atoms with Crippen molar-refractivity contribution in [3.63, 3.8) is 0 Å². The van der Waals surface area contributed by atoms with Crippen LogP contribution in [0, 0.1) is 5.92 Å². The van der Waals surface area contributed by atoms with Crippen molar-refractivity contribution in [1.82, 2.24) is 0 Å². The van der Waals surface area contributed by atoms with Gasteiger partial charge in [0.2, 0.25) is 0 Å². The lowest BCUT2D eigenvalue weighted by Crippen LogP contribution is -2.29. The Hall–Kier alpha value is -1.22. The number of ether oxygens (including phenoxy) is 1. The van der Waals surface area contributed by atoms with Gasteiger partial charge in [0.15, 0.2) is 0 Å². The summed E-state index contributed by atoms with van der Waals surface area (Å²) in [6.45, 7) is 1.06. The van der Waals surface area contributed by atoms with Gasteiger partial charge in [0, 0.05) is 24.3 Å². The highest BCUT2D eigenvalue weighted by molar-refractivity contribution is 5.48. The van der Waals surface area contributed by atoms with E-state index in [2.05, 4.69) is 29.6 Å². The predicted octanol–water partition coefficient (Wildman–Crippen LogP) is 4.33. The molecule has 0 radical (unpaired) electrons. The molecule has 0 aromatic heterocycles. The lowest BCUT2D eigenvalue weighted by molar-refractivity contribution is 0.155. The van der Waals surface area contributed by atoms with E-state index in [9.17, 15) is 0 Å². The zero-order valence-corrected chi connectivity index (χ0v) is 13.6.